The summed E-state index contributed by atoms with van der Waals surface area (Å²) in [5.41, 5.74) is -3.21. The zero-order chi connectivity index (χ0) is 19.5. The van der Waals surface area contributed by atoms with E-state index in [1.807, 2.05) is 0 Å². The second-order valence-electron chi connectivity index (χ2n) is 5.07. The van der Waals surface area contributed by atoms with Crippen molar-refractivity contribution in [2.45, 2.75) is 0 Å². The molecule has 0 N–H and O–H groups in total. The molecule has 3 rings (SSSR count). The van der Waals surface area contributed by atoms with Crippen molar-refractivity contribution in [1.82, 2.24) is 0 Å². The quantitative estimate of drug-likeness (QED) is 0.279. The van der Waals surface area contributed by atoms with Gasteiger partial charge in [-0.3, -0.25) is 0 Å². The van der Waals surface area contributed by atoms with Crippen molar-refractivity contribution in [2.24, 2.45) is 0 Å². The molecule has 0 spiro atoms. The van der Waals surface area contributed by atoms with Crippen LogP contribution < -0.4 is 0 Å². The molecule has 0 aliphatic rings. The Morgan fingerprint density at radius 1 is 0.423 bits per heavy atom. The molecular formula is C16H2F10. The van der Waals surface area contributed by atoms with Gasteiger partial charge in [0.25, 0.3) is 0 Å². The van der Waals surface area contributed by atoms with Crippen LogP contribution in [0.1, 0.15) is 0 Å². The van der Waals surface area contributed by atoms with Gasteiger partial charge in [-0.2, -0.15) is 0 Å². The topological polar surface area (TPSA) is 0 Å². The van der Waals surface area contributed by atoms with Crippen LogP contribution in [0.3, 0.4) is 0 Å². The van der Waals surface area contributed by atoms with E-state index in [9.17, 15) is 43.9 Å². The lowest BCUT2D eigenvalue weighted by Crippen LogP contribution is -2.07. The summed E-state index contributed by atoms with van der Waals surface area (Å²) in [5, 5.41) is -3.65. The molecule has 0 unspecified atom stereocenters. The molecule has 0 amide bonds. The summed E-state index contributed by atoms with van der Waals surface area (Å²) < 4.78 is 137. The van der Waals surface area contributed by atoms with Gasteiger partial charge in [0.2, 0.25) is 0 Å². The van der Waals surface area contributed by atoms with Crippen LogP contribution in [0.4, 0.5) is 43.9 Å². The van der Waals surface area contributed by atoms with Crippen LogP contribution in [0.5, 0.6) is 0 Å². The molecular weight excluding hydrogens is 382 g/mol. The largest absolute Gasteiger partial charge is 0.207 e. The molecule has 0 fully saturated rings. The monoisotopic (exact) mass is 384 g/mol. The maximum atomic E-state index is 14.1. The predicted molar refractivity (Wildman–Crippen MR) is 69.0 cm³/mol. The SMILES string of the molecule is Fc1cc(F)c(F)c(-c2c(F)c(F)c(F)c3c(F)c(F)c(F)c(F)c23)c1. The van der Waals surface area contributed by atoms with Crippen molar-refractivity contribution in [1.29, 1.82) is 0 Å². The number of hydrogen-bond acceptors (Lipinski definition) is 0. The molecule has 0 atom stereocenters. The Labute approximate surface area is 137 Å². The molecule has 0 radical (unpaired) electrons. The zero-order valence-electron chi connectivity index (χ0n) is 11.9. The summed E-state index contributed by atoms with van der Waals surface area (Å²) in [5.74, 6) is -22.8. The molecule has 136 valence electrons. The number of benzene rings is 3. The molecule has 3 aromatic rings. The molecule has 0 bridgehead atoms. The smallest absolute Gasteiger partial charge is 0.198 e. The normalized spacial score (nSPS) is 11.5. The van der Waals surface area contributed by atoms with Gasteiger partial charge < -0.3 is 0 Å². The summed E-state index contributed by atoms with van der Waals surface area (Å²) in [6, 6.07) is 0.0578. The fourth-order valence-corrected chi connectivity index (χ4v) is 2.49. The summed E-state index contributed by atoms with van der Waals surface area (Å²) in [6.45, 7) is 0. The predicted octanol–water partition coefficient (Wildman–Crippen LogP) is 5.90. The molecule has 0 nitrogen and oxygen atoms in total. The molecule has 0 heterocycles. The highest BCUT2D eigenvalue weighted by atomic mass is 19.2. The standard InChI is InChI=1S/C16H2F10/c17-3-1-4(9(19)5(18)2-3)6-7-8(12(22)14(24)10(6)20)13(23)16(26)15(25)11(7)21/h1-2H. The van der Waals surface area contributed by atoms with E-state index in [4.69, 9.17) is 0 Å². The number of halogens is 10. The van der Waals surface area contributed by atoms with Crippen LogP contribution in [0.2, 0.25) is 0 Å². The second-order valence-corrected chi connectivity index (χ2v) is 5.07. The summed E-state index contributed by atoms with van der Waals surface area (Å²) in [4.78, 5) is 0. The van der Waals surface area contributed by atoms with Crippen LogP contribution >= 0.6 is 0 Å². The van der Waals surface area contributed by atoms with Crippen LogP contribution in [-0.4, -0.2) is 0 Å². The van der Waals surface area contributed by atoms with Crippen LogP contribution in [-0.2, 0) is 0 Å². The molecule has 0 aliphatic carbocycles. The minimum Gasteiger partial charge on any atom is -0.207 e. The maximum absolute atomic E-state index is 14.1. The molecule has 0 aromatic heterocycles. The van der Waals surface area contributed by atoms with Crippen molar-refractivity contribution in [3.8, 4) is 11.1 Å². The van der Waals surface area contributed by atoms with E-state index in [0.717, 1.165) is 0 Å². The first-order valence-corrected chi connectivity index (χ1v) is 6.54. The van der Waals surface area contributed by atoms with Gasteiger partial charge in [0.05, 0.1) is 5.39 Å². The number of fused-ring (bicyclic) bond motifs is 1. The minimum absolute atomic E-state index is 0.00397. The van der Waals surface area contributed by atoms with Gasteiger partial charge >= 0.3 is 0 Å². The van der Waals surface area contributed by atoms with E-state index in [0.29, 0.717) is 0 Å². The van der Waals surface area contributed by atoms with E-state index in [-0.39, 0.29) is 12.1 Å². The Morgan fingerprint density at radius 3 is 1.42 bits per heavy atom. The van der Waals surface area contributed by atoms with Gasteiger partial charge in [0.15, 0.2) is 52.4 Å². The van der Waals surface area contributed by atoms with Crippen LogP contribution in [0.15, 0.2) is 12.1 Å². The van der Waals surface area contributed by atoms with Gasteiger partial charge in [-0.15, -0.1) is 0 Å². The first kappa shape index (κ1) is 18.0. The molecule has 0 saturated heterocycles. The van der Waals surface area contributed by atoms with E-state index < -0.39 is 80.1 Å². The molecule has 10 heteroatoms. The first-order valence-electron chi connectivity index (χ1n) is 6.54. The van der Waals surface area contributed by atoms with Crippen LogP contribution in [0, 0.1) is 58.2 Å². The zero-order valence-corrected chi connectivity index (χ0v) is 11.9. The van der Waals surface area contributed by atoms with Gasteiger partial charge in [0, 0.05) is 22.6 Å². The Morgan fingerprint density at radius 2 is 0.885 bits per heavy atom. The fraction of sp³-hybridized carbons (Fsp3) is 0. The van der Waals surface area contributed by atoms with E-state index in [2.05, 4.69) is 0 Å². The Kier molecular flexibility index (Phi) is 4.08. The molecule has 0 saturated carbocycles. The second kappa shape index (κ2) is 5.89. The van der Waals surface area contributed by atoms with E-state index in [1.165, 1.54) is 0 Å². The minimum atomic E-state index is -2.54. The maximum Gasteiger partial charge on any atom is 0.198 e. The van der Waals surface area contributed by atoms with Gasteiger partial charge in [0.1, 0.15) is 5.82 Å². The molecule has 3 aromatic carbocycles. The van der Waals surface area contributed by atoms with E-state index >= 15 is 0 Å². The fourth-order valence-electron chi connectivity index (χ4n) is 2.49. The third-order valence-electron chi connectivity index (χ3n) is 3.60. The summed E-state index contributed by atoms with van der Waals surface area (Å²) in [6.07, 6.45) is 0. The summed E-state index contributed by atoms with van der Waals surface area (Å²) >= 11 is 0. The lowest BCUT2D eigenvalue weighted by molar-refractivity contribution is 0.410. The lowest BCUT2D eigenvalue weighted by atomic mass is 9.95. The number of rotatable bonds is 1. The van der Waals surface area contributed by atoms with Crippen molar-refractivity contribution >= 4 is 10.8 Å². The Bertz CT molecular complexity index is 1080. The van der Waals surface area contributed by atoms with Gasteiger partial charge in [-0.05, 0) is 6.07 Å². The van der Waals surface area contributed by atoms with Gasteiger partial charge in [-0.25, -0.2) is 43.9 Å². The van der Waals surface area contributed by atoms with E-state index in [1.54, 1.807) is 0 Å². The van der Waals surface area contributed by atoms with Crippen molar-refractivity contribution < 1.29 is 43.9 Å². The molecule has 26 heavy (non-hydrogen) atoms. The lowest BCUT2D eigenvalue weighted by Gasteiger charge is -2.14. The average Bonchev–Trinajstić information content (AvgIpc) is 2.59. The average molecular weight is 384 g/mol. The highest BCUT2D eigenvalue weighted by Gasteiger charge is 2.32. The van der Waals surface area contributed by atoms with Crippen molar-refractivity contribution in [3.63, 3.8) is 0 Å². The first-order chi connectivity index (χ1) is 12.1. The third kappa shape index (κ3) is 2.31. The van der Waals surface area contributed by atoms with Crippen molar-refractivity contribution in [2.75, 3.05) is 0 Å². The molecule has 0 aliphatic heterocycles. The van der Waals surface area contributed by atoms with Gasteiger partial charge in [-0.1, -0.05) is 0 Å². The third-order valence-corrected chi connectivity index (χ3v) is 3.60. The number of hydrogen-bond donors (Lipinski definition) is 0. The Hall–Kier alpha value is -2.78. The Balaban J connectivity index is 2.68. The van der Waals surface area contributed by atoms with Crippen molar-refractivity contribution in [3.05, 3.63) is 70.3 Å². The van der Waals surface area contributed by atoms with Crippen LogP contribution in [0.25, 0.3) is 21.9 Å². The highest BCUT2D eigenvalue weighted by molar-refractivity contribution is 5.98. The highest BCUT2D eigenvalue weighted by Crippen LogP contribution is 2.41. The summed E-state index contributed by atoms with van der Waals surface area (Å²) in [7, 11) is 0.